The molecule has 2 rings (SSSR count). The number of aryl methyl sites for hydroxylation is 1. The molecule has 15 heavy (non-hydrogen) atoms. The first-order valence-electron chi connectivity index (χ1n) is 4.88. The fourth-order valence-electron chi connectivity index (χ4n) is 1.68. The van der Waals surface area contributed by atoms with Gasteiger partial charge in [-0.1, -0.05) is 6.92 Å². The molecule has 0 unspecified atom stereocenters. The third kappa shape index (κ3) is 1.62. The van der Waals surface area contributed by atoms with Crippen molar-refractivity contribution < 1.29 is 0 Å². The van der Waals surface area contributed by atoms with Crippen molar-refractivity contribution in [1.82, 2.24) is 4.40 Å². The molecule has 0 atom stereocenters. The molecule has 0 aliphatic heterocycles. The van der Waals surface area contributed by atoms with Gasteiger partial charge in [-0.15, -0.1) is 11.8 Å². The van der Waals surface area contributed by atoms with Crippen molar-refractivity contribution in [2.24, 2.45) is 0 Å². The summed E-state index contributed by atoms with van der Waals surface area (Å²) in [5, 5.41) is 9.08. The van der Waals surface area contributed by atoms with Gasteiger partial charge < -0.3 is 4.40 Å². The van der Waals surface area contributed by atoms with E-state index in [4.69, 9.17) is 5.26 Å². The standard InChI is InChI=1S/C12H12N2S/c1-3-9-4-5-14-10(6-9)7-12(15-2)11(14)8-13/h4-7H,3H2,1-2H3. The monoisotopic (exact) mass is 216 g/mol. The number of rotatable bonds is 2. The van der Waals surface area contributed by atoms with Crippen molar-refractivity contribution in [2.45, 2.75) is 18.2 Å². The molecule has 76 valence electrons. The molecule has 2 heterocycles. The lowest BCUT2D eigenvalue weighted by Gasteiger charge is -1.99. The van der Waals surface area contributed by atoms with Crippen molar-refractivity contribution in [3.63, 3.8) is 0 Å². The second-order valence-corrected chi connectivity index (χ2v) is 4.20. The number of hydrogen-bond donors (Lipinski definition) is 0. The van der Waals surface area contributed by atoms with Gasteiger partial charge in [-0.3, -0.25) is 0 Å². The maximum atomic E-state index is 9.08. The van der Waals surface area contributed by atoms with Crippen LogP contribution in [-0.4, -0.2) is 10.7 Å². The van der Waals surface area contributed by atoms with Crippen LogP contribution in [-0.2, 0) is 6.42 Å². The fraction of sp³-hybridized carbons (Fsp3) is 0.250. The summed E-state index contributed by atoms with van der Waals surface area (Å²) >= 11 is 1.62. The van der Waals surface area contributed by atoms with E-state index in [1.54, 1.807) is 11.8 Å². The average Bonchev–Trinajstić information content (AvgIpc) is 2.65. The highest BCUT2D eigenvalue weighted by atomic mass is 32.2. The van der Waals surface area contributed by atoms with Crippen LogP contribution in [0.25, 0.3) is 5.52 Å². The molecule has 0 aliphatic carbocycles. The Morgan fingerprint density at radius 2 is 2.27 bits per heavy atom. The lowest BCUT2D eigenvalue weighted by Crippen LogP contribution is -1.89. The van der Waals surface area contributed by atoms with Crippen molar-refractivity contribution in [1.29, 1.82) is 5.26 Å². The Kier molecular flexibility index (Phi) is 2.70. The summed E-state index contributed by atoms with van der Waals surface area (Å²) in [4.78, 5) is 1.05. The second kappa shape index (κ2) is 4.00. The molecule has 0 amide bonds. The van der Waals surface area contributed by atoms with Crippen LogP contribution >= 0.6 is 11.8 Å². The minimum absolute atomic E-state index is 0.736. The first-order valence-corrected chi connectivity index (χ1v) is 6.10. The van der Waals surface area contributed by atoms with Crippen LogP contribution < -0.4 is 0 Å². The van der Waals surface area contributed by atoms with Crippen molar-refractivity contribution in [3.8, 4) is 6.07 Å². The first-order chi connectivity index (χ1) is 7.30. The number of fused-ring (bicyclic) bond motifs is 1. The highest BCUT2D eigenvalue weighted by molar-refractivity contribution is 7.98. The Morgan fingerprint density at radius 1 is 1.47 bits per heavy atom. The Balaban J connectivity index is 2.72. The summed E-state index contributed by atoms with van der Waals surface area (Å²) in [7, 11) is 0. The topological polar surface area (TPSA) is 28.2 Å². The van der Waals surface area contributed by atoms with Gasteiger partial charge >= 0.3 is 0 Å². The molecule has 0 bridgehead atoms. The molecule has 0 fully saturated rings. The number of nitriles is 1. The van der Waals surface area contributed by atoms with Crippen LogP contribution in [0.5, 0.6) is 0 Å². The van der Waals surface area contributed by atoms with E-state index in [1.807, 2.05) is 16.9 Å². The smallest absolute Gasteiger partial charge is 0.138 e. The maximum Gasteiger partial charge on any atom is 0.138 e. The third-order valence-electron chi connectivity index (χ3n) is 2.54. The highest BCUT2D eigenvalue weighted by Gasteiger charge is 2.08. The summed E-state index contributed by atoms with van der Waals surface area (Å²) < 4.78 is 1.95. The molecule has 0 saturated heterocycles. The van der Waals surface area contributed by atoms with Gasteiger partial charge in [0, 0.05) is 16.6 Å². The van der Waals surface area contributed by atoms with Crippen LogP contribution in [0.3, 0.4) is 0 Å². The summed E-state index contributed by atoms with van der Waals surface area (Å²) in [6.45, 7) is 2.13. The summed E-state index contributed by atoms with van der Waals surface area (Å²) in [6.07, 6.45) is 5.00. The number of hydrogen-bond acceptors (Lipinski definition) is 2. The predicted molar refractivity (Wildman–Crippen MR) is 63.3 cm³/mol. The molecule has 0 radical (unpaired) electrons. The largest absolute Gasteiger partial charge is 0.307 e. The van der Waals surface area contributed by atoms with Gasteiger partial charge in [-0.25, -0.2) is 0 Å². The Morgan fingerprint density at radius 3 is 2.87 bits per heavy atom. The molecular weight excluding hydrogens is 204 g/mol. The van der Waals surface area contributed by atoms with Crippen LogP contribution in [0.15, 0.2) is 29.3 Å². The molecule has 0 saturated carbocycles. The molecule has 0 aromatic carbocycles. The Bertz CT molecular complexity index is 534. The van der Waals surface area contributed by atoms with E-state index in [2.05, 4.69) is 31.2 Å². The van der Waals surface area contributed by atoms with E-state index in [0.29, 0.717) is 0 Å². The normalized spacial score (nSPS) is 10.5. The molecule has 0 spiro atoms. The van der Waals surface area contributed by atoms with Gasteiger partial charge in [0.15, 0.2) is 0 Å². The van der Waals surface area contributed by atoms with Crippen molar-refractivity contribution in [2.75, 3.05) is 6.26 Å². The SMILES string of the molecule is CCc1ccn2c(C#N)c(SC)cc2c1. The fourth-order valence-corrected chi connectivity index (χ4v) is 2.26. The molecular formula is C12H12N2S. The van der Waals surface area contributed by atoms with Crippen LogP contribution in [0.4, 0.5) is 0 Å². The van der Waals surface area contributed by atoms with Gasteiger partial charge in [0.25, 0.3) is 0 Å². The molecule has 2 nitrogen and oxygen atoms in total. The van der Waals surface area contributed by atoms with E-state index in [0.717, 1.165) is 22.5 Å². The quantitative estimate of drug-likeness (QED) is 0.722. The second-order valence-electron chi connectivity index (χ2n) is 3.36. The molecule has 0 N–H and O–H groups in total. The summed E-state index contributed by atoms with van der Waals surface area (Å²) in [5.74, 6) is 0. The van der Waals surface area contributed by atoms with E-state index in [1.165, 1.54) is 5.56 Å². The van der Waals surface area contributed by atoms with E-state index in [-0.39, 0.29) is 0 Å². The van der Waals surface area contributed by atoms with E-state index < -0.39 is 0 Å². The lowest BCUT2D eigenvalue weighted by molar-refractivity contribution is 1.08. The predicted octanol–water partition coefficient (Wildman–Crippen LogP) is 3.10. The zero-order valence-corrected chi connectivity index (χ0v) is 9.64. The Labute approximate surface area is 93.5 Å². The van der Waals surface area contributed by atoms with Gasteiger partial charge in [-0.05, 0) is 36.4 Å². The minimum Gasteiger partial charge on any atom is -0.307 e. The van der Waals surface area contributed by atoms with Crippen molar-refractivity contribution in [3.05, 3.63) is 35.7 Å². The summed E-state index contributed by atoms with van der Waals surface area (Å²) in [5.41, 5.74) is 3.15. The molecule has 3 heteroatoms. The van der Waals surface area contributed by atoms with Crippen molar-refractivity contribution >= 4 is 17.3 Å². The zero-order chi connectivity index (χ0) is 10.8. The molecule has 0 aliphatic rings. The van der Waals surface area contributed by atoms with Gasteiger partial charge in [-0.2, -0.15) is 5.26 Å². The average molecular weight is 216 g/mol. The zero-order valence-electron chi connectivity index (χ0n) is 8.82. The number of pyridine rings is 1. The summed E-state index contributed by atoms with van der Waals surface area (Å²) in [6, 6.07) is 8.53. The minimum atomic E-state index is 0.736. The first kappa shape index (κ1) is 10.1. The third-order valence-corrected chi connectivity index (χ3v) is 3.29. The van der Waals surface area contributed by atoms with E-state index >= 15 is 0 Å². The molecule has 2 aromatic rings. The molecule has 2 aromatic heterocycles. The van der Waals surface area contributed by atoms with E-state index in [9.17, 15) is 0 Å². The van der Waals surface area contributed by atoms with Gasteiger partial charge in [0.2, 0.25) is 0 Å². The number of thioether (sulfide) groups is 1. The lowest BCUT2D eigenvalue weighted by atomic mass is 10.2. The highest BCUT2D eigenvalue weighted by Crippen LogP contribution is 2.25. The maximum absolute atomic E-state index is 9.08. The van der Waals surface area contributed by atoms with Crippen LogP contribution in [0.2, 0.25) is 0 Å². The number of aromatic nitrogens is 1. The van der Waals surface area contributed by atoms with Gasteiger partial charge in [0.05, 0.1) is 0 Å². The van der Waals surface area contributed by atoms with Gasteiger partial charge in [0.1, 0.15) is 11.8 Å². The number of nitrogens with zero attached hydrogens (tertiary/aromatic N) is 2. The van der Waals surface area contributed by atoms with Crippen LogP contribution in [0.1, 0.15) is 18.2 Å². The van der Waals surface area contributed by atoms with Crippen LogP contribution in [0, 0.1) is 11.3 Å². The Hall–Kier alpha value is -1.40.